The Bertz CT molecular complexity index is 2520. The van der Waals surface area contributed by atoms with E-state index < -0.39 is 35.0 Å². The highest BCUT2D eigenvalue weighted by molar-refractivity contribution is 7.22. The summed E-state index contributed by atoms with van der Waals surface area (Å²) in [6.45, 7) is 5.88. The Balaban J connectivity index is 1.15. The molecular formula is C43H39ClN4O6S. The lowest BCUT2D eigenvalue weighted by molar-refractivity contribution is -0.131. The highest BCUT2D eigenvalue weighted by Gasteiger charge is 2.68. The SMILES string of the molecule is CCc1ccc(N2C(=O)C3CC=C4C(CC5C(=O)N(c6cc(-c7sc8ccc(Cl)cc8c7C)nn6C)C(=O)C5(C)C4c4ccc(OC)c(O)c4)C3C2=O)cc1. The normalized spacial score (nSPS) is 26.1. The van der Waals surface area contributed by atoms with Crippen LogP contribution in [0.4, 0.5) is 11.5 Å². The van der Waals surface area contributed by atoms with Crippen molar-refractivity contribution in [3.8, 4) is 22.1 Å². The summed E-state index contributed by atoms with van der Waals surface area (Å²) in [5, 5.41) is 17.5. The first-order valence-electron chi connectivity index (χ1n) is 18.5. The number of aromatic nitrogens is 2. The fraction of sp³-hybridized carbons (Fsp3) is 0.326. The van der Waals surface area contributed by atoms with Gasteiger partial charge in [0, 0.05) is 28.8 Å². The maximum absolute atomic E-state index is 15.1. The minimum Gasteiger partial charge on any atom is -0.504 e. The molecule has 0 bridgehead atoms. The number of fused-ring (bicyclic) bond motifs is 5. The van der Waals surface area contributed by atoms with Crippen LogP contribution in [-0.4, -0.2) is 45.6 Å². The zero-order valence-electron chi connectivity index (χ0n) is 31.0. The number of phenolic OH excluding ortho intramolecular Hbond substituents is 1. The fourth-order valence-corrected chi connectivity index (χ4v) is 11.2. The number of benzene rings is 3. The van der Waals surface area contributed by atoms with Crippen LogP contribution in [0.5, 0.6) is 11.5 Å². The van der Waals surface area contributed by atoms with Crippen LogP contribution in [-0.2, 0) is 32.6 Å². The number of carbonyl (C=O) groups excluding carboxylic acids is 4. The molecule has 12 heteroatoms. The molecule has 6 unspecified atom stereocenters. The first-order valence-corrected chi connectivity index (χ1v) is 19.7. The van der Waals surface area contributed by atoms with Crippen LogP contribution in [0, 0.1) is 36.0 Å². The number of hydrogen-bond donors (Lipinski definition) is 1. The third-order valence-corrected chi connectivity index (χ3v) is 14.2. The van der Waals surface area contributed by atoms with E-state index in [1.807, 2.05) is 75.4 Å². The second kappa shape index (κ2) is 12.6. The number of phenols is 1. The topological polar surface area (TPSA) is 122 Å². The molecule has 0 spiro atoms. The second-order valence-electron chi connectivity index (χ2n) is 15.3. The molecule has 1 N–H and O–H groups in total. The van der Waals surface area contributed by atoms with Crippen molar-refractivity contribution in [3.63, 3.8) is 0 Å². The molecule has 2 aliphatic heterocycles. The van der Waals surface area contributed by atoms with Crippen LogP contribution in [0.15, 0.2) is 78.4 Å². The van der Waals surface area contributed by atoms with Gasteiger partial charge in [0.15, 0.2) is 11.5 Å². The highest BCUT2D eigenvalue weighted by Crippen LogP contribution is 2.64. The number of aryl methyl sites for hydroxylation is 3. The van der Waals surface area contributed by atoms with Crippen molar-refractivity contribution in [1.29, 1.82) is 0 Å². The maximum atomic E-state index is 15.1. The smallest absolute Gasteiger partial charge is 0.242 e. The van der Waals surface area contributed by atoms with Gasteiger partial charge in [-0.15, -0.1) is 11.3 Å². The first-order chi connectivity index (χ1) is 26.4. The molecular weight excluding hydrogens is 736 g/mol. The van der Waals surface area contributed by atoms with E-state index in [0.717, 1.165) is 38.1 Å². The first kappa shape index (κ1) is 35.4. The van der Waals surface area contributed by atoms with Gasteiger partial charge in [-0.1, -0.05) is 48.4 Å². The van der Waals surface area contributed by atoms with E-state index >= 15 is 4.79 Å². The van der Waals surface area contributed by atoms with Gasteiger partial charge in [-0.2, -0.15) is 5.10 Å². The molecule has 4 heterocycles. The quantitative estimate of drug-likeness (QED) is 0.137. The molecule has 2 saturated heterocycles. The zero-order chi connectivity index (χ0) is 38.7. The Labute approximate surface area is 326 Å². The summed E-state index contributed by atoms with van der Waals surface area (Å²) in [4.78, 5) is 62.0. The van der Waals surface area contributed by atoms with E-state index in [0.29, 0.717) is 34.2 Å². The van der Waals surface area contributed by atoms with Crippen LogP contribution >= 0.6 is 22.9 Å². The number of nitrogens with zero attached hydrogens (tertiary/aromatic N) is 4. The fourth-order valence-electron chi connectivity index (χ4n) is 9.85. The third-order valence-electron chi connectivity index (χ3n) is 12.6. The van der Waals surface area contributed by atoms with E-state index in [2.05, 4.69) is 0 Å². The number of carbonyl (C=O) groups is 4. The molecule has 10 nitrogen and oxygen atoms in total. The van der Waals surface area contributed by atoms with Gasteiger partial charge in [0.2, 0.25) is 23.6 Å². The Morgan fingerprint density at radius 3 is 2.44 bits per heavy atom. The van der Waals surface area contributed by atoms with Crippen LogP contribution in [0.3, 0.4) is 0 Å². The molecule has 0 radical (unpaired) electrons. The maximum Gasteiger partial charge on any atom is 0.242 e. The van der Waals surface area contributed by atoms with Gasteiger partial charge in [0.05, 0.1) is 40.8 Å². The van der Waals surface area contributed by atoms with Gasteiger partial charge in [-0.3, -0.25) is 28.8 Å². The minimum absolute atomic E-state index is 0.102. The number of anilines is 2. The summed E-state index contributed by atoms with van der Waals surface area (Å²) < 4.78 is 7.98. The molecule has 4 aliphatic rings. The van der Waals surface area contributed by atoms with Crippen LogP contribution in [0.2, 0.25) is 5.02 Å². The van der Waals surface area contributed by atoms with E-state index in [-0.39, 0.29) is 41.5 Å². The summed E-state index contributed by atoms with van der Waals surface area (Å²) in [7, 11) is 3.19. The van der Waals surface area contributed by atoms with Crippen molar-refractivity contribution >= 4 is 68.2 Å². The van der Waals surface area contributed by atoms with Crippen molar-refractivity contribution in [1.82, 2.24) is 9.78 Å². The lowest BCUT2D eigenvalue weighted by Gasteiger charge is -2.49. The van der Waals surface area contributed by atoms with Crippen molar-refractivity contribution in [2.75, 3.05) is 16.9 Å². The van der Waals surface area contributed by atoms with Gasteiger partial charge < -0.3 is 9.84 Å². The number of aromatic hydroxyl groups is 1. The number of ether oxygens (including phenoxy) is 1. The van der Waals surface area contributed by atoms with Gasteiger partial charge in [-0.05, 0) is 104 Å². The minimum atomic E-state index is -1.29. The molecule has 3 aromatic carbocycles. The standard InChI is InChI=1S/C43H39ClN4O6S/c1-6-22-7-11-25(12-8-22)47-39(50)27-14-13-26-29(36(27)41(47)52)19-30-40(51)48(42(53)43(30,3)37(26)23-9-15-33(54-5)32(49)17-23)35-20-31(45-46(35)4)38-21(2)28-18-24(44)10-16-34(28)55-38/h7-13,15-18,20,27,29-30,36-37,49H,6,14,19H2,1-5H3. The molecule has 6 atom stereocenters. The number of thiophene rings is 1. The van der Waals surface area contributed by atoms with Crippen molar-refractivity contribution in [2.45, 2.75) is 46.0 Å². The van der Waals surface area contributed by atoms with E-state index in [1.165, 1.54) is 16.9 Å². The number of hydrogen-bond acceptors (Lipinski definition) is 8. The largest absolute Gasteiger partial charge is 0.504 e. The van der Waals surface area contributed by atoms with Crippen molar-refractivity contribution in [3.05, 3.63) is 100 Å². The summed E-state index contributed by atoms with van der Waals surface area (Å²) in [6, 6.07) is 20.1. The Hall–Kier alpha value is -5.26. The molecule has 55 heavy (non-hydrogen) atoms. The van der Waals surface area contributed by atoms with Crippen LogP contribution in [0.1, 0.15) is 49.3 Å². The predicted molar refractivity (Wildman–Crippen MR) is 211 cm³/mol. The number of imide groups is 2. The average Bonchev–Trinajstić information content (AvgIpc) is 3.84. The van der Waals surface area contributed by atoms with Gasteiger partial charge >= 0.3 is 0 Å². The molecule has 3 fully saturated rings. The lowest BCUT2D eigenvalue weighted by Crippen LogP contribution is -2.48. The predicted octanol–water partition coefficient (Wildman–Crippen LogP) is 7.98. The second-order valence-corrected chi connectivity index (χ2v) is 16.8. The Morgan fingerprint density at radius 2 is 1.73 bits per heavy atom. The summed E-state index contributed by atoms with van der Waals surface area (Å²) >= 11 is 7.89. The molecule has 280 valence electrons. The average molecular weight is 775 g/mol. The number of amides is 4. The number of rotatable bonds is 6. The van der Waals surface area contributed by atoms with Crippen LogP contribution in [0.25, 0.3) is 20.7 Å². The molecule has 5 aromatic rings. The van der Waals surface area contributed by atoms with E-state index in [4.69, 9.17) is 21.4 Å². The van der Waals surface area contributed by atoms with Crippen LogP contribution < -0.4 is 14.5 Å². The monoisotopic (exact) mass is 774 g/mol. The summed E-state index contributed by atoms with van der Waals surface area (Å²) in [6.07, 6.45) is 3.37. The molecule has 4 amide bonds. The van der Waals surface area contributed by atoms with Crippen molar-refractivity contribution < 1.29 is 29.0 Å². The van der Waals surface area contributed by atoms with Gasteiger partial charge in [0.25, 0.3) is 0 Å². The van der Waals surface area contributed by atoms with Crippen molar-refractivity contribution in [2.24, 2.45) is 36.1 Å². The molecule has 2 aliphatic carbocycles. The molecule has 1 saturated carbocycles. The van der Waals surface area contributed by atoms with E-state index in [1.54, 1.807) is 41.3 Å². The molecule has 9 rings (SSSR count). The summed E-state index contributed by atoms with van der Waals surface area (Å²) in [5.41, 5.74) is 3.43. The van der Waals surface area contributed by atoms with Gasteiger partial charge in [-0.25, -0.2) is 4.90 Å². The Kier molecular flexibility index (Phi) is 8.15. The van der Waals surface area contributed by atoms with E-state index in [9.17, 15) is 19.5 Å². The third kappa shape index (κ3) is 5.01. The highest BCUT2D eigenvalue weighted by atomic mass is 35.5. The molecule has 2 aromatic heterocycles. The number of methoxy groups -OCH3 is 1. The van der Waals surface area contributed by atoms with Gasteiger partial charge in [0.1, 0.15) is 11.5 Å². The number of allylic oxidation sites excluding steroid dienone is 2. The Morgan fingerprint density at radius 1 is 0.964 bits per heavy atom. The zero-order valence-corrected chi connectivity index (χ0v) is 32.6. The number of halogens is 1. The lowest BCUT2D eigenvalue weighted by atomic mass is 9.51. The summed E-state index contributed by atoms with van der Waals surface area (Å²) in [5.74, 6) is -4.10.